The molecule has 0 amide bonds. The van der Waals surface area contributed by atoms with Gasteiger partial charge in [-0.3, -0.25) is 4.98 Å². The van der Waals surface area contributed by atoms with E-state index in [1.165, 1.54) is 12.1 Å². The van der Waals surface area contributed by atoms with Gasteiger partial charge in [-0.1, -0.05) is 29.8 Å². The highest BCUT2D eigenvalue weighted by molar-refractivity contribution is 6.32. The Hall–Kier alpha value is -2.34. The fourth-order valence-corrected chi connectivity index (χ4v) is 2.90. The van der Waals surface area contributed by atoms with Gasteiger partial charge >= 0.3 is 0 Å². The third-order valence-corrected chi connectivity index (χ3v) is 4.25. The minimum absolute atomic E-state index is 0. The number of hydrogen-bond donors (Lipinski definition) is 1. The molecule has 0 saturated carbocycles. The van der Waals surface area contributed by atoms with Gasteiger partial charge in [-0.15, -0.1) is 12.4 Å². The Morgan fingerprint density at radius 3 is 2.46 bits per heavy atom. The van der Waals surface area contributed by atoms with E-state index in [0.717, 1.165) is 16.7 Å². The SMILES string of the molecule is COc1cc(CNCc2ccc(F)cc2)cc(Cl)c1OCc1cccnc1.Cl. The first-order valence-electron chi connectivity index (χ1n) is 8.49. The van der Waals surface area contributed by atoms with E-state index in [9.17, 15) is 4.39 Å². The largest absolute Gasteiger partial charge is 0.493 e. The molecule has 0 saturated heterocycles. The third-order valence-electron chi connectivity index (χ3n) is 3.97. The number of rotatable bonds is 8. The monoisotopic (exact) mass is 422 g/mol. The Labute approximate surface area is 175 Å². The second-order valence-corrected chi connectivity index (χ2v) is 6.40. The van der Waals surface area contributed by atoms with E-state index >= 15 is 0 Å². The number of halogens is 3. The summed E-state index contributed by atoms with van der Waals surface area (Å²) in [5, 5.41) is 3.79. The van der Waals surface area contributed by atoms with Crippen molar-refractivity contribution in [1.82, 2.24) is 10.3 Å². The number of nitrogens with zero attached hydrogens (tertiary/aromatic N) is 1. The van der Waals surface area contributed by atoms with Crippen LogP contribution in [0.5, 0.6) is 11.5 Å². The molecule has 0 fully saturated rings. The second-order valence-electron chi connectivity index (χ2n) is 5.99. The van der Waals surface area contributed by atoms with Crippen LogP contribution in [-0.4, -0.2) is 12.1 Å². The fraction of sp³-hybridized carbons (Fsp3) is 0.190. The molecular weight excluding hydrogens is 402 g/mol. The summed E-state index contributed by atoms with van der Waals surface area (Å²) in [6, 6.07) is 13.9. The molecule has 0 radical (unpaired) electrons. The maximum Gasteiger partial charge on any atom is 0.180 e. The standard InChI is InChI=1S/C21H20ClFN2O2.ClH/c1-26-20-10-17(13-25-11-15-4-6-18(23)7-5-15)9-19(22)21(20)27-14-16-3-2-8-24-12-16;/h2-10,12,25H,11,13-14H2,1H3;1H. The molecule has 148 valence electrons. The normalized spacial score (nSPS) is 10.2. The molecule has 3 aromatic rings. The van der Waals surface area contributed by atoms with E-state index in [4.69, 9.17) is 21.1 Å². The van der Waals surface area contributed by atoms with Crippen LogP contribution in [0.1, 0.15) is 16.7 Å². The molecule has 0 aliphatic carbocycles. The van der Waals surface area contributed by atoms with Gasteiger partial charge in [0, 0.05) is 31.0 Å². The van der Waals surface area contributed by atoms with Crippen molar-refractivity contribution in [1.29, 1.82) is 0 Å². The topological polar surface area (TPSA) is 43.4 Å². The molecule has 7 heteroatoms. The van der Waals surface area contributed by atoms with Crippen LogP contribution in [0.25, 0.3) is 0 Å². The van der Waals surface area contributed by atoms with Gasteiger partial charge in [0.2, 0.25) is 0 Å². The summed E-state index contributed by atoms with van der Waals surface area (Å²) in [5.41, 5.74) is 2.92. The van der Waals surface area contributed by atoms with Gasteiger partial charge in [0.1, 0.15) is 12.4 Å². The number of pyridine rings is 1. The molecule has 0 bridgehead atoms. The van der Waals surface area contributed by atoms with Crippen molar-refractivity contribution >= 4 is 24.0 Å². The molecule has 0 aliphatic rings. The van der Waals surface area contributed by atoms with Gasteiger partial charge in [0.05, 0.1) is 12.1 Å². The van der Waals surface area contributed by atoms with Crippen molar-refractivity contribution in [3.8, 4) is 11.5 Å². The van der Waals surface area contributed by atoms with E-state index in [1.54, 1.807) is 31.6 Å². The number of nitrogens with one attached hydrogen (secondary N) is 1. The zero-order valence-corrected chi connectivity index (χ0v) is 16.9. The van der Waals surface area contributed by atoms with Crippen LogP contribution >= 0.6 is 24.0 Å². The second kappa shape index (κ2) is 10.9. The number of benzene rings is 2. The summed E-state index contributed by atoms with van der Waals surface area (Å²) in [6.45, 7) is 1.57. The van der Waals surface area contributed by atoms with Gasteiger partial charge in [-0.05, 0) is 41.5 Å². The maximum absolute atomic E-state index is 12.9. The van der Waals surface area contributed by atoms with Crippen molar-refractivity contribution in [2.45, 2.75) is 19.7 Å². The molecule has 1 aromatic heterocycles. The molecule has 2 aromatic carbocycles. The predicted molar refractivity (Wildman–Crippen MR) is 111 cm³/mol. The summed E-state index contributed by atoms with van der Waals surface area (Å²) in [5.74, 6) is 0.840. The van der Waals surface area contributed by atoms with Crippen molar-refractivity contribution < 1.29 is 13.9 Å². The van der Waals surface area contributed by atoms with Gasteiger partial charge in [0.25, 0.3) is 0 Å². The Bertz CT molecular complexity index is 878. The molecule has 0 aliphatic heterocycles. The van der Waals surface area contributed by atoms with Crippen LogP contribution in [0.2, 0.25) is 5.02 Å². The van der Waals surface area contributed by atoms with E-state index in [-0.39, 0.29) is 18.2 Å². The zero-order chi connectivity index (χ0) is 19.1. The highest BCUT2D eigenvalue weighted by atomic mass is 35.5. The van der Waals surface area contributed by atoms with Gasteiger partial charge in [-0.2, -0.15) is 0 Å². The van der Waals surface area contributed by atoms with Crippen molar-refractivity contribution in [2.24, 2.45) is 0 Å². The van der Waals surface area contributed by atoms with Crippen LogP contribution in [0.4, 0.5) is 4.39 Å². The van der Waals surface area contributed by atoms with E-state index in [2.05, 4.69) is 10.3 Å². The minimum atomic E-state index is -0.239. The molecule has 0 atom stereocenters. The lowest BCUT2D eigenvalue weighted by molar-refractivity contribution is 0.284. The first-order chi connectivity index (χ1) is 13.2. The van der Waals surface area contributed by atoms with Crippen LogP contribution in [0.15, 0.2) is 60.9 Å². The molecular formula is C21H21Cl2FN2O2. The number of methoxy groups -OCH3 is 1. The summed E-state index contributed by atoms with van der Waals surface area (Å²) in [7, 11) is 1.58. The highest BCUT2D eigenvalue weighted by Crippen LogP contribution is 2.37. The molecule has 1 heterocycles. The summed E-state index contributed by atoms with van der Waals surface area (Å²) in [4.78, 5) is 4.07. The van der Waals surface area contributed by atoms with E-state index in [1.807, 2.05) is 24.3 Å². The number of aromatic nitrogens is 1. The molecule has 4 nitrogen and oxygen atoms in total. The molecule has 0 unspecified atom stereocenters. The zero-order valence-electron chi connectivity index (χ0n) is 15.3. The Morgan fingerprint density at radius 2 is 1.79 bits per heavy atom. The summed E-state index contributed by atoms with van der Waals surface area (Å²) in [6.07, 6.45) is 3.46. The molecule has 3 rings (SSSR count). The third kappa shape index (κ3) is 6.09. The number of ether oxygens (including phenoxy) is 2. The van der Waals surface area contributed by atoms with Crippen molar-refractivity contribution in [3.05, 3.63) is 88.5 Å². The fourth-order valence-electron chi connectivity index (χ4n) is 2.61. The lowest BCUT2D eigenvalue weighted by Crippen LogP contribution is -2.13. The van der Waals surface area contributed by atoms with E-state index < -0.39 is 0 Å². The average molecular weight is 423 g/mol. The Morgan fingerprint density at radius 1 is 1.04 bits per heavy atom. The van der Waals surface area contributed by atoms with Crippen molar-refractivity contribution in [2.75, 3.05) is 7.11 Å². The van der Waals surface area contributed by atoms with Crippen molar-refractivity contribution in [3.63, 3.8) is 0 Å². The lowest BCUT2D eigenvalue weighted by Gasteiger charge is -2.14. The smallest absolute Gasteiger partial charge is 0.180 e. The first-order valence-corrected chi connectivity index (χ1v) is 8.87. The van der Waals surface area contributed by atoms with Crippen LogP contribution in [0, 0.1) is 5.82 Å². The van der Waals surface area contributed by atoms with Gasteiger partial charge < -0.3 is 14.8 Å². The van der Waals surface area contributed by atoms with Crippen LogP contribution in [0.3, 0.4) is 0 Å². The maximum atomic E-state index is 12.9. The minimum Gasteiger partial charge on any atom is -0.493 e. The highest BCUT2D eigenvalue weighted by Gasteiger charge is 2.12. The van der Waals surface area contributed by atoms with Crippen LogP contribution in [-0.2, 0) is 19.7 Å². The Balaban J connectivity index is 0.00000280. The average Bonchev–Trinajstić information content (AvgIpc) is 2.69. The van der Waals surface area contributed by atoms with Gasteiger partial charge in [-0.25, -0.2) is 4.39 Å². The first kappa shape index (κ1) is 22.0. The Kier molecular flexibility index (Phi) is 8.51. The molecule has 1 N–H and O–H groups in total. The van der Waals surface area contributed by atoms with Crippen LogP contribution < -0.4 is 14.8 Å². The number of hydrogen-bond acceptors (Lipinski definition) is 4. The van der Waals surface area contributed by atoms with E-state index in [0.29, 0.717) is 36.2 Å². The van der Waals surface area contributed by atoms with Gasteiger partial charge in [0.15, 0.2) is 11.5 Å². The summed E-state index contributed by atoms with van der Waals surface area (Å²) < 4.78 is 24.2. The summed E-state index contributed by atoms with van der Waals surface area (Å²) >= 11 is 6.40. The predicted octanol–water partition coefficient (Wildman–Crippen LogP) is 5.17. The quantitative estimate of drug-likeness (QED) is 0.543. The lowest BCUT2D eigenvalue weighted by atomic mass is 10.1. The molecule has 28 heavy (non-hydrogen) atoms. The molecule has 0 spiro atoms.